The Labute approximate surface area is 165 Å². The maximum Gasteiger partial charge on any atom is 0.185 e. The average molecular weight is 378 g/mol. The third-order valence-electron chi connectivity index (χ3n) is 4.04. The van der Waals surface area contributed by atoms with Gasteiger partial charge in [0.25, 0.3) is 0 Å². The van der Waals surface area contributed by atoms with Crippen LogP contribution in [0, 0.1) is 0 Å². The third-order valence-corrected chi connectivity index (χ3v) is 4.23. The minimum absolute atomic E-state index is 0.548. The Kier molecular flexibility index (Phi) is 6.79. The van der Waals surface area contributed by atoms with Crippen LogP contribution in [0.3, 0.4) is 0 Å². The maximum absolute atomic E-state index is 5.51. The lowest BCUT2D eigenvalue weighted by molar-refractivity contribution is 0.218. The Morgan fingerprint density at radius 1 is 0.815 bits per heavy atom. The van der Waals surface area contributed by atoms with Crippen molar-refractivity contribution < 1.29 is 4.74 Å². The highest BCUT2D eigenvalue weighted by Gasteiger charge is 2.09. The molecule has 27 heavy (non-hydrogen) atoms. The van der Waals surface area contributed by atoms with E-state index in [9.17, 15) is 0 Å². The van der Waals surface area contributed by atoms with Crippen LogP contribution in [0.4, 0.5) is 5.69 Å². The summed E-state index contributed by atoms with van der Waals surface area (Å²) in [6.45, 7) is 1.47. The van der Waals surface area contributed by atoms with E-state index >= 15 is 0 Å². The normalized spacial score (nSPS) is 10.4. The van der Waals surface area contributed by atoms with Gasteiger partial charge in [0, 0.05) is 18.8 Å². The van der Waals surface area contributed by atoms with Gasteiger partial charge in [0.1, 0.15) is 5.75 Å². The first kappa shape index (κ1) is 18.9. The van der Waals surface area contributed by atoms with Gasteiger partial charge in [-0.2, -0.15) is 0 Å². The van der Waals surface area contributed by atoms with Crippen LogP contribution in [0.1, 0.15) is 11.1 Å². The molecule has 0 saturated heterocycles. The molecule has 0 aromatic heterocycles. The molecule has 5 heteroatoms. The number of hydrogen-bond donors (Lipinski definition) is 2. The van der Waals surface area contributed by atoms with Crippen LogP contribution < -0.4 is 15.5 Å². The molecule has 0 aliphatic carbocycles. The second kappa shape index (κ2) is 9.71. The van der Waals surface area contributed by atoms with Crippen molar-refractivity contribution in [3.05, 3.63) is 96.1 Å². The van der Waals surface area contributed by atoms with Gasteiger partial charge in [-0.3, -0.25) is 5.43 Å². The van der Waals surface area contributed by atoms with Gasteiger partial charge in [-0.25, -0.2) is 5.01 Å². The number of ether oxygens (including phenoxy) is 1. The van der Waals surface area contributed by atoms with Crippen LogP contribution in [0.2, 0.25) is 0 Å². The minimum atomic E-state index is 0.548. The molecule has 0 aliphatic heterocycles. The van der Waals surface area contributed by atoms with Gasteiger partial charge in [-0.1, -0.05) is 60.7 Å². The van der Waals surface area contributed by atoms with E-state index < -0.39 is 0 Å². The van der Waals surface area contributed by atoms with Gasteiger partial charge in [-0.15, -0.1) is 0 Å². The predicted molar refractivity (Wildman–Crippen MR) is 114 cm³/mol. The van der Waals surface area contributed by atoms with E-state index in [2.05, 4.69) is 40.0 Å². The van der Waals surface area contributed by atoms with Crippen LogP contribution >= 0.6 is 12.2 Å². The van der Waals surface area contributed by atoms with Crippen molar-refractivity contribution in [2.24, 2.45) is 0 Å². The Morgan fingerprint density at radius 3 is 1.81 bits per heavy atom. The summed E-state index contributed by atoms with van der Waals surface area (Å²) in [6.07, 6.45) is 0. The Morgan fingerprint density at radius 2 is 1.33 bits per heavy atom. The fourth-order valence-corrected chi connectivity index (χ4v) is 2.97. The van der Waals surface area contributed by atoms with Gasteiger partial charge >= 0.3 is 0 Å². The van der Waals surface area contributed by atoms with Gasteiger partial charge < -0.3 is 10.1 Å². The van der Waals surface area contributed by atoms with Crippen molar-refractivity contribution in [3.8, 4) is 5.75 Å². The zero-order chi connectivity index (χ0) is 18.9. The second-order valence-electron chi connectivity index (χ2n) is 6.12. The van der Waals surface area contributed by atoms with Gasteiger partial charge in [0.15, 0.2) is 5.11 Å². The van der Waals surface area contributed by atoms with Crippen molar-refractivity contribution in [1.29, 1.82) is 0 Å². The van der Waals surface area contributed by atoms with Gasteiger partial charge in [-0.05, 0) is 47.6 Å². The lowest BCUT2D eigenvalue weighted by Crippen LogP contribution is -2.43. The number of hydrogen-bond acceptors (Lipinski definition) is 3. The lowest BCUT2D eigenvalue weighted by Gasteiger charge is -2.25. The quantitative estimate of drug-likeness (QED) is 0.465. The topological polar surface area (TPSA) is 36.5 Å². The summed E-state index contributed by atoms with van der Waals surface area (Å²) < 4.78 is 5.19. The molecule has 0 atom stereocenters. The zero-order valence-electron chi connectivity index (χ0n) is 15.3. The van der Waals surface area contributed by atoms with E-state index in [-0.39, 0.29) is 0 Å². The van der Waals surface area contributed by atoms with Crippen LogP contribution in [0.25, 0.3) is 0 Å². The standard InChI is InChI=1S/C22H23N3OS/c1-26-21-14-12-20(13-15-21)23-22(27)24-25(16-18-8-4-2-5-9-18)17-19-10-6-3-7-11-19/h2-15H,16-17H2,1H3,(H2,23,24,27). The van der Waals surface area contributed by atoms with E-state index in [1.165, 1.54) is 11.1 Å². The van der Waals surface area contributed by atoms with E-state index in [4.69, 9.17) is 17.0 Å². The van der Waals surface area contributed by atoms with Crippen molar-refractivity contribution in [2.45, 2.75) is 13.1 Å². The van der Waals surface area contributed by atoms with Gasteiger partial charge in [0.05, 0.1) is 7.11 Å². The van der Waals surface area contributed by atoms with E-state index in [1.807, 2.05) is 60.7 Å². The molecule has 0 heterocycles. The summed E-state index contributed by atoms with van der Waals surface area (Å²) in [5.74, 6) is 0.814. The van der Waals surface area contributed by atoms with Crippen molar-refractivity contribution in [2.75, 3.05) is 12.4 Å². The first-order valence-electron chi connectivity index (χ1n) is 8.77. The monoisotopic (exact) mass is 377 g/mol. The molecule has 0 radical (unpaired) electrons. The van der Waals surface area contributed by atoms with Gasteiger partial charge in [0.2, 0.25) is 0 Å². The van der Waals surface area contributed by atoms with Crippen LogP contribution in [-0.4, -0.2) is 17.2 Å². The molecule has 3 aromatic rings. The highest BCUT2D eigenvalue weighted by atomic mass is 32.1. The summed E-state index contributed by atoms with van der Waals surface area (Å²) in [7, 11) is 1.65. The summed E-state index contributed by atoms with van der Waals surface area (Å²) in [5.41, 5.74) is 6.66. The van der Waals surface area contributed by atoms with Crippen LogP contribution in [0.5, 0.6) is 5.75 Å². The molecular formula is C22H23N3OS. The predicted octanol–water partition coefficient (Wildman–Crippen LogP) is 4.60. The number of methoxy groups -OCH3 is 1. The summed E-state index contributed by atoms with van der Waals surface area (Å²) in [5, 5.41) is 5.87. The summed E-state index contributed by atoms with van der Waals surface area (Å²) in [6, 6.07) is 28.3. The van der Waals surface area contributed by atoms with Crippen LogP contribution in [0.15, 0.2) is 84.9 Å². The molecule has 0 spiro atoms. The summed E-state index contributed by atoms with van der Waals surface area (Å²) in [4.78, 5) is 0. The molecule has 0 aliphatic rings. The molecule has 3 rings (SSSR count). The highest BCUT2D eigenvalue weighted by Crippen LogP contribution is 2.15. The van der Waals surface area contributed by atoms with Crippen molar-refractivity contribution in [3.63, 3.8) is 0 Å². The highest BCUT2D eigenvalue weighted by molar-refractivity contribution is 7.80. The molecule has 2 N–H and O–H groups in total. The SMILES string of the molecule is COc1ccc(NC(=S)NN(Cc2ccccc2)Cc2ccccc2)cc1. The summed E-state index contributed by atoms with van der Waals surface area (Å²) >= 11 is 5.51. The minimum Gasteiger partial charge on any atom is -0.497 e. The largest absolute Gasteiger partial charge is 0.497 e. The smallest absolute Gasteiger partial charge is 0.185 e. The van der Waals surface area contributed by atoms with Crippen molar-refractivity contribution >= 4 is 23.0 Å². The zero-order valence-corrected chi connectivity index (χ0v) is 16.1. The fourth-order valence-electron chi connectivity index (χ4n) is 2.72. The maximum atomic E-state index is 5.51. The van der Waals surface area contributed by atoms with E-state index in [0.717, 1.165) is 24.5 Å². The number of rotatable bonds is 7. The molecule has 0 saturated carbocycles. The Hall–Kier alpha value is -2.89. The molecule has 0 amide bonds. The average Bonchev–Trinajstić information content (AvgIpc) is 2.70. The Balaban J connectivity index is 1.66. The Bertz CT molecular complexity index is 797. The number of thiocarbonyl (C=S) groups is 1. The second-order valence-corrected chi connectivity index (χ2v) is 6.53. The number of nitrogens with zero attached hydrogens (tertiary/aromatic N) is 1. The first-order chi connectivity index (χ1) is 13.2. The molecule has 138 valence electrons. The first-order valence-corrected chi connectivity index (χ1v) is 9.18. The van der Waals surface area contributed by atoms with E-state index in [1.54, 1.807) is 7.11 Å². The number of benzene rings is 3. The number of anilines is 1. The molecular weight excluding hydrogens is 354 g/mol. The number of hydrazine groups is 1. The molecule has 3 aromatic carbocycles. The molecule has 0 unspecified atom stereocenters. The van der Waals surface area contributed by atoms with Crippen molar-refractivity contribution in [1.82, 2.24) is 10.4 Å². The van der Waals surface area contributed by atoms with Crippen LogP contribution in [-0.2, 0) is 13.1 Å². The lowest BCUT2D eigenvalue weighted by atomic mass is 10.2. The fraction of sp³-hybridized carbons (Fsp3) is 0.136. The molecule has 0 fully saturated rings. The molecule has 0 bridgehead atoms. The van der Waals surface area contributed by atoms with E-state index in [0.29, 0.717) is 5.11 Å². The third kappa shape index (κ3) is 6.09. The molecule has 4 nitrogen and oxygen atoms in total. The number of nitrogens with one attached hydrogen (secondary N) is 2.